The number of aliphatic carboxylic acids is 1. The van der Waals surface area contributed by atoms with E-state index >= 15 is 0 Å². The van der Waals surface area contributed by atoms with Gasteiger partial charge in [-0.3, -0.25) is 0 Å². The fraction of sp³-hybridized carbons (Fsp3) is 0.972. The van der Waals surface area contributed by atoms with E-state index in [1.54, 1.807) is 0 Å². The van der Waals surface area contributed by atoms with Crippen LogP contribution in [0.5, 0.6) is 0 Å². The van der Waals surface area contributed by atoms with Crippen molar-refractivity contribution < 1.29 is 37.8 Å². The number of carbonyl (C=O) groups is 1. The van der Waals surface area contributed by atoms with Crippen molar-refractivity contribution in [3.63, 3.8) is 0 Å². The summed E-state index contributed by atoms with van der Waals surface area (Å²) in [6, 6.07) is 5.95. The molecule has 0 aromatic carbocycles. The summed E-state index contributed by atoms with van der Waals surface area (Å²) >= 11 is 0. The summed E-state index contributed by atoms with van der Waals surface area (Å²) in [6.45, 7) is 32.1. The topological polar surface area (TPSA) is 107 Å². The van der Waals surface area contributed by atoms with E-state index in [1.165, 1.54) is 0 Å². The maximum Gasteiger partial charge on any atom is 0.338 e. The second-order valence-electron chi connectivity index (χ2n) is 16.4. The smallest absolute Gasteiger partial charge is 0.338 e. The Labute approximate surface area is 290 Å². The Balaban J connectivity index is 2.23. The van der Waals surface area contributed by atoms with Crippen molar-refractivity contribution >= 4 is 30.9 Å². The van der Waals surface area contributed by atoms with Crippen molar-refractivity contribution in [3.05, 3.63) is 0 Å². The molecule has 3 rings (SSSR count). The van der Waals surface area contributed by atoms with Crippen molar-refractivity contribution in [2.75, 3.05) is 6.61 Å². The molecule has 3 aliphatic heterocycles. The van der Waals surface area contributed by atoms with E-state index in [9.17, 15) is 15.0 Å². The van der Waals surface area contributed by atoms with Crippen LogP contribution in [0.2, 0.25) is 52.9 Å². The van der Waals surface area contributed by atoms with Gasteiger partial charge in [0.05, 0.1) is 17.8 Å². The van der Waals surface area contributed by atoms with Crippen LogP contribution in [-0.2, 0) is 27.5 Å². The summed E-state index contributed by atoms with van der Waals surface area (Å²) in [5, 5.41) is 22.3. The molecule has 2 bridgehead atoms. The third-order valence-corrected chi connectivity index (χ3v) is 29.0. The first-order valence-electron chi connectivity index (χ1n) is 19.1. The molecule has 0 aromatic heterocycles. The molecule has 3 heterocycles. The normalized spacial score (nSPS) is 33.9. The number of epoxide rings is 1. The highest BCUT2D eigenvalue weighted by atomic mass is 28.4. The van der Waals surface area contributed by atoms with Gasteiger partial charge < -0.3 is 33.0 Å². The highest BCUT2D eigenvalue weighted by Crippen LogP contribution is 2.59. The number of aliphatic hydroxyl groups is 1. The van der Waals surface area contributed by atoms with Gasteiger partial charge in [-0.2, -0.15) is 0 Å². The van der Waals surface area contributed by atoms with Crippen molar-refractivity contribution in [1.82, 2.24) is 0 Å². The number of fused-ring (bicyclic) bond motifs is 4. The van der Waals surface area contributed by atoms with Crippen LogP contribution >= 0.6 is 0 Å². The summed E-state index contributed by atoms with van der Waals surface area (Å²) in [4.78, 5) is 12.8. The Morgan fingerprint density at radius 1 is 0.830 bits per heavy atom. The minimum Gasteiger partial charge on any atom is -0.479 e. The lowest BCUT2D eigenvalue weighted by Gasteiger charge is -2.53. The quantitative estimate of drug-likeness (QED) is 0.107. The Hall–Kier alpha value is -0.119. The Morgan fingerprint density at radius 3 is 1.74 bits per heavy atom. The summed E-state index contributed by atoms with van der Waals surface area (Å²) in [6.07, 6.45) is -1.22. The van der Waals surface area contributed by atoms with Crippen molar-refractivity contribution in [3.8, 4) is 0 Å². The number of carboxylic acids is 1. The van der Waals surface area contributed by atoms with Crippen LogP contribution in [0, 0.1) is 5.92 Å². The molecule has 3 aliphatic rings. The zero-order chi connectivity index (χ0) is 35.8. The third-order valence-electron chi connectivity index (χ3n) is 13.5. The number of rotatable bonds is 18. The summed E-state index contributed by atoms with van der Waals surface area (Å²) in [5.74, 6) is -1.37. The van der Waals surface area contributed by atoms with Gasteiger partial charge >= 0.3 is 5.97 Å². The first-order valence-corrected chi connectivity index (χ1v) is 26.3. The van der Waals surface area contributed by atoms with Crippen LogP contribution in [0.3, 0.4) is 0 Å². The van der Waals surface area contributed by atoms with E-state index in [-0.39, 0.29) is 24.5 Å². The maximum atomic E-state index is 12.8. The van der Waals surface area contributed by atoms with Crippen molar-refractivity contribution in [1.29, 1.82) is 0 Å². The molecule has 3 saturated heterocycles. The molecule has 8 nitrogen and oxygen atoms in total. The zero-order valence-electron chi connectivity index (χ0n) is 32.5. The summed E-state index contributed by atoms with van der Waals surface area (Å²) in [5.41, 5.74) is -2.35. The molecule has 0 saturated carbocycles. The number of carboxylic acid groups (broad SMARTS) is 1. The van der Waals surface area contributed by atoms with E-state index in [0.717, 1.165) is 36.3 Å². The van der Waals surface area contributed by atoms with E-state index in [0.29, 0.717) is 36.1 Å². The van der Waals surface area contributed by atoms with E-state index in [4.69, 9.17) is 22.8 Å². The molecule has 0 aliphatic carbocycles. The highest BCUT2D eigenvalue weighted by molar-refractivity contribution is 6.77. The van der Waals surface area contributed by atoms with Gasteiger partial charge in [0.15, 0.2) is 30.6 Å². The minimum atomic E-state index is -2.21. The Morgan fingerprint density at radius 2 is 1.32 bits per heavy atom. The molecule has 2 N–H and O–H groups in total. The standard InChI is InChI=1S/C36H72O8Si3/c1-15-45(16-2,17-3)43-30-23-34(14,44-46(18-4,19-5)20-6)29-21-22-35(39,33(37)38)31(41-29)32-36(30,42-32)28(13)24-40-47(25(7)8,26(9)10)27(11)12/h25-32,39H,15-24H2,1-14H3,(H,37,38)/t28-,29-,30+,31-,32+,34-,35+,36-/m1/s1. The zero-order valence-corrected chi connectivity index (χ0v) is 35.5. The maximum absolute atomic E-state index is 12.8. The molecular formula is C36H72O8Si3. The lowest BCUT2D eigenvalue weighted by atomic mass is 9.70. The molecule has 276 valence electrons. The molecule has 0 radical (unpaired) electrons. The van der Waals surface area contributed by atoms with Crippen LogP contribution in [0.1, 0.15) is 116 Å². The SMILES string of the molecule is CC[Si](CC)(CC)O[C@H]1C[C@@](C)(O[Si](CC)(CC)CC)[C@H]2CC[C@@](O)(C(=O)O)[C@H](O2)[C@@H]2O[C@]12[C@H](C)CO[Si](C(C)C)(C(C)C)C(C)C. The van der Waals surface area contributed by atoms with Crippen LogP contribution in [0.15, 0.2) is 0 Å². The molecule has 3 fully saturated rings. The monoisotopic (exact) mass is 716 g/mol. The first kappa shape index (κ1) is 41.3. The van der Waals surface area contributed by atoms with Gasteiger partial charge in [-0.1, -0.05) is 90.0 Å². The Bertz CT molecular complexity index is 1010. The molecular weight excluding hydrogens is 645 g/mol. The lowest BCUT2D eigenvalue weighted by molar-refractivity contribution is -0.235. The predicted molar refractivity (Wildman–Crippen MR) is 198 cm³/mol. The number of ether oxygens (including phenoxy) is 2. The second-order valence-corrected chi connectivity index (χ2v) is 31.3. The fourth-order valence-electron chi connectivity index (χ4n) is 9.87. The molecule has 47 heavy (non-hydrogen) atoms. The highest BCUT2D eigenvalue weighted by Gasteiger charge is 2.76. The van der Waals surface area contributed by atoms with Crippen LogP contribution in [-0.4, -0.2) is 89.0 Å². The Kier molecular flexibility index (Phi) is 13.4. The van der Waals surface area contributed by atoms with Gasteiger partial charge in [0.1, 0.15) is 17.8 Å². The van der Waals surface area contributed by atoms with Crippen molar-refractivity contribution in [2.45, 2.75) is 210 Å². The largest absolute Gasteiger partial charge is 0.479 e. The van der Waals surface area contributed by atoms with Gasteiger partial charge in [0, 0.05) is 18.9 Å². The molecule has 11 heteroatoms. The van der Waals surface area contributed by atoms with Crippen molar-refractivity contribution in [2.24, 2.45) is 5.92 Å². The minimum absolute atomic E-state index is 0.101. The molecule has 0 amide bonds. The predicted octanol–water partition coefficient (Wildman–Crippen LogP) is 8.89. The average molecular weight is 717 g/mol. The fourth-order valence-corrected chi connectivity index (χ4v) is 21.4. The van der Waals surface area contributed by atoms with E-state index < -0.39 is 59.9 Å². The van der Waals surface area contributed by atoms with Crippen LogP contribution in [0.4, 0.5) is 0 Å². The van der Waals surface area contributed by atoms with E-state index in [2.05, 4.69) is 96.9 Å². The lowest BCUT2D eigenvalue weighted by Crippen LogP contribution is -2.68. The van der Waals surface area contributed by atoms with E-state index in [1.807, 2.05) is 0 Å². The summed E-state index contributed by atoms with van der Waals surface area (Å²) < 4.78 is 35.9. The molecule has 0 aromatic rings. The van der Waals surface area contributed by atoms with Gasteiger partial charge in [-0.05, 0) is 72.7 Å². The van der Waals surface area contributed by atoms with Crippen LogP contribution < -0.4 is 0 Å². The summed E-state index contributed by atoms with van der Waals surface area (Å²) in [7, 11) is -6.53. The average Bonchev–Trinajstić information content (AvgIpc) is 3.78. The molecule has 0 unspecified atom stereocenters. The van der Waals surface area contributed by atoms with Gasteiger partial charge in [-0.25, -0.2) is 4.79 Å². The van der Waals surface area contributed by atoms with Gasteiger partial charge in [0.2, 0.25) is 0 Å². The molecule has 8 atom stereocenters. The third kappa shape index (κ3) is 7.19. The first-order chi connectivity index (χ1) is 21.8. The van der Waals surface area contributed by atoms with Gasteiger partial charge in [0.25, 0.3) is 0 Å². The number of hydrogen-bond acceptors (Lipinski definition) is 7. The second kappa shape index (κ2) is 15.2. The number of hydrogen-bond donors (Lipinski definition) is 2. The van der Waals surface area contributed by atoms with Crippen LogP contribution in [0.25, 0.3) is 0 Å². The van der Waals surface area contributed by atoms with Gasteiger partial charge in [-0.15, -0.1) is 0 Å². The molecule has 0 spiro atoms.